The van der Waals surface area contributed by atoms with Gasteiger partial charge < -0.3 is 9.72 Å². The lowest BCUT2D eigenvalue weighted by molar-refractivity contribution is 0.0499. The lowest BCUT2D eigenvalue weighted by Crippen LogP contribution is -2.06. The van der Waals surface area contributed by atoms with Crippen LogP contribution in [0.1, 0.15) is 35.7 Å². The van der Waals surface area contributed by atoms with E-state index >= 15 is 0 Å². The van der Waals surface area contributed by atoms with Crippen molar-refractivity contribution in [3.8, 4) is 0 Å². The highest BCUT2D eigenvalue weighted by molar-refractivity contribution is 5.90. The summed E-state index contributed by atoms with van der Waals surface area (Å²) in [6.45, 7) is 4.46. The van der Waals surface area contributed by atoms with Crippen molar-refractivity contribution in [1.82, 2.24) is 4.98 Å². The maximum absolute atomic E-state index is 11.4. The quantitative estimate of drug-likeness (QED) is 0.572. The number of unbranched alkanes of at least 4 members (excludes halogenated alkanes) is 1. The Morgan fingerprint density at radius 3 is 2.85 bits per heavy atom. The van der Waals surface area contributed by atoms with E-state index in [9.17, 15) is 4.79 Å². The molecule has 0 unspecified atom stereocenters. The van der Waals surface area contributed by atoms with E-state index in [1.807, 2.05) is 6.92 Å². The Balaban J connectivity index is 2.45. The first-order chi connectivity index (χ1) is 6.25. The molecule has 1 heterocycles. The lowest BCUT2D eigenvalue weighted by atomic mass is 10.2. The average Bonchev–Trinajstić information content (AvgIpc) is 2.52. The number of esters is 1. The molecule has 1 rings (SSSR count). The molecule has 0 aromatic carbocycles. The minimum absolute atomic E-state index is 0.229. The third-order valence-electron chi connectivity index (χ3n) is 1.90. The standard InChI is InChI=1S/C10H15NO2/c1-3-4-5-13-10(12)9-7-11-6-8(9)2/h6-7,11H,3-5H2,1-2H3. The molecule has 1 aromatic heterocycles. The number of aryl methyl sites for hydroxylation is 1. The number of H-pyrrole nitrogens is 1. The smallest absolute Gasteiger partial charge is 0.339 e. The maximum atomic E-state index is 11.4. The van der Waals surface area contributed by atoms with Crippen molar-refractivity contribution >= 4 is 5.97 Å². The van der Waals surface area contributed by atoms with Crippen LogP contribution in [0.15, 0.2) is 12.4 Å². The highest BCUT2D eigenvalue weighted by atomic mass is 16.5. The summed E-state index contributed by atoms with van der Waals surface area (Å²) in [7, 11) is 0. The summed E-state index contributed by atoms with van der Waals surface area (Å²) in [5.41, 5.74) is 1.57. The molecule has 72 valence electrons. The van der Waals surface area contributed by atoms with Gasteiger partial charge in [0.1, 0.15) is 0 Å². The zero-order chi connectivity index (χ0) is 9.68. The molecule has 0 radical (unpaired) electrons. The molecule has 0 saturated carbocycles. The Hall–Kier alpha value is -1.25. The van der Waals surface area contributed by atoms with E-state index in [4.69, 9.17) is 4.74 Å². The van der Waals surface area contributed by atoms with Crippen molar-refractivity contribution in [2.75, 3.05) is 6.61 Å². The fraction of sp³-hybridized carbons (Fsp3) is 0.500. The van der Waals surface area contributed by atoms with Crippen LogP contribution < -0.4 is 0 Å². The molecule has 0 aliphatic rings. The summed E-state index contributed by atoms with van der Waals surface area (Å²) in [5, 5.41) is 0. The predicted octanol–water partition coefficient (Wildman–Crippen LogP) is 2.28. The fourth-order valence-corrected chi connectivity index (χ4v) is 1.05. The van der Waals surface area contributed by atoms with E-state index in [0.717, 1.165) is 18.4 Å². The number of carbonyl (C=O) groups is 1. The summed E-state index contributed by atoms with van der Waals surface area (Å²) in [6.07, 6.45) is 5.43. The molecule has 13 heavy (non-hydrogen) atoms. The van der Waals surface area contributed by atoms with E-state index in [2.05, 4.69) is 11.9 Å². The van der Waals surface area contributed by atoms with Crippen LogP contribution in [-0.4, -0.2) is 17.6 Å². The van der Waals surface area contributed by atoms with Crippen molar-refractivity contribution in [1.29, 1.82) is 0 Å². The van der Waals surface area contributed by atoms with E-state index < -0.39 is 0 Å². The van der Waals surface area contributed by atoms with E-state index in [-0.39, 0.29) is 5.97 Å². The van der Waals surface area contributed by atoms with Gasteiger partial charge in [-0.05, 0) is 18.9 Å². The van der Waals surface area contributed by atoms with Crippen LogP contribution in [0.25, 0.3) is 0 Å². The summed E-state index contributed by atoms with van der Waals surface area (Å²) < 4.78 is 5.05. The maximum Gasteiger partial charge on any atom is 0.339 e. The van der Waals surface area contributed by atoms with Gasteiger partial charge in [-0.15, -0.1) is 0 Å². The topological polar surface area (TPSA) is 42.1 Å². The molecule has 0 fully saturated rings. The molecule has 1 aromatic rings. The predicted molar refractivity (Wildman–Crippen MR) is 50.7 cm³/mol. The zero-order valence-electron chi connectivity index (χ0n) is 8.09. The lowest BCUT2D eigenvalue weighted by Gasteiger charge is -2.02. The number of rotatable bonds is 4. The molecule has 0 amide bonds. The van der Waals surface area contributed by atoms with Gasteiger partial charge in [0.15, 0.2) is 0 Å². The van der Waals surface area contributed by atoms with Gasteiger partial charge in [-0.3, -0.25) is 0 Å². The molecular weight excluding hydrogens is 166 g/mol. The van der Waals surface area contributed by atoms with Gasteiger partial charge in [-0.25, -0.2) is 4.79 Å². The van der Waals surface area contributed by atoms with Gasteiger partial charge in [0.25, 0.3) is 0 Å². The Bertz CT molecular complexity index is 278. The van der Waals surface area contributed by atoms with Crippen LogP contribution in [0.3, 0.4) is 0 Å². The van der Waals surface area contributed by atoms with E-state index in [1.165, 1.54) is 0 Å². The second kappa shape index (κ2) is 4.70. The average molecular weight is 181 g/mol. The summed E-state index contributed by atoms with van der Waals surface area (Å²) in [4.78, 5) is 14.2. The van der Waals surface area contributed by atoms with E-state index in [0.29, 0.717) is 12.2 Å². The Kier molecular flexibility index (Phi) is 3.55. The Morgan fingerprint density at radius 2 is 2.31 bits per heavy atom. The Morgan fingerprint density at radius 1 is 1.54 bits per heavy atom. The van der Waals surface area contributed by atoms with Crippen molar-refractivity contribution in [3.63, 3.8) is 0 Å². The summed E-state index contributed by atoms with van der Waals surface area (Å²) >= 11 is 0. The van der Waals surface area contributed by atoms with Crippen molar-refractivity contribution in [2.24, 2.45) is 0 Å². The van der Waals surface area contributed by atoms with Gasteiger partial charge in [0.2, 0.25) is 0 Å². The Labute approximate surface area is 78.1 Å². The minimum Gasteiger partial charge on any atom is -0.462 e. The normalized spacial score (nSPS) is 10.0. The first-order valence-electron chi connectivity index (χ1n) is 4.56. The van der Waals surface area contributed by atoms with Crippen molar-refractivity contribution in [3.05, 3.63) is 23.5 Å². The second-order valence-corrected chi connectivity index (χ2v) is 3.04. The van der Waals surface area contributed by atoms with Crippen LogP contribution in [0, 0.1) is 6.92 Å². The zero-order valence-corrected chi connectivity index (χ0v) is 8.09. The molecular formula is C10H15NO2. The second-order valence-electron chi connectivity index (χ2n) is 3.04. The summed E-state index contributed by atoms with van der Waals surface area (Å²) in [5.74, 6) is -0.229. The molecule has 0 spiro atoms. The van der Waals surface area contributed by atoms with Crippen LogP contribution in [0.5, 0.6) is 0 Å². The number of hydrogen-bond acceptors (Lipinski definition) is 2. The third-order valence-corrected chi connectivity index (χ3v) is 1.90. The summed E-state index contributed by atoms with van der Waals surface area (Å²) in [6, 6.07) is 0. The van der Waals surface area contributed by atoms with Crippen molar-refractivity contribution < 1.29 is 9.53 Å². The molecule has 0 aliphatic carbocycles. The van der Waals surface area contributed by atoms with Gasteiger partial charge in [-0.1, -0.05) is 13.3 Å². The van der Waals surface area contributed by atoms with Gasteiger partial charge >= 0.3 is 5.97 Å². The van der Waals surface area contributed by atoms with Crippen molar-refractivity contribution in [2.45, 2.75) is 26.7 Å². The van der Waals surface area contributed by atoms with E-state index in [1.54, 1.807) is 12.4 Å². The van der Waals surface area contributed by atoms with Gasteiger partial charge in [-0.2, -0.15) is 0 Å². The molecule has 3 heteroatoms. The minimum atomic E-state index is -0.229. The number of nitrogens with one attached hydrogen (secondary N) is 1. The van der Waals surface area contributed by atoms with Crippen LogP contribution in [-0.2, 0) is 4.74 Å². The first-order valence-corrected chi connectivity index (χ1v) is 4.56. The molecule has 0 atom stereocenters. The monoisotopic (exact) mass is 181 g/mol. The molecule has 3 nitrogen and oxygen atoms in total. The highest BCUT2D eigenvalue weighted by Crippen LogP contribution is 2.07. The highest BCUT2D eigenvalue weighted by Gasteiger charge is 2.09. The largest absolute Gasteiger partial charge is 0.462 e. The van der Waals surface area contributed by atoms with Gasteiger partial charge in [0.05, 0.1) is 12.2 Å². The van der Waals surface area contributed by atoms with Crippen LogP contribution >= 0.6 is 0 Å². The molecule has 0 bridgehead atoms. The third kappa shape index (κ3) is 2.61. The van der Waals surface area contributed by atoms with Gasteiger partial charge in [0, 0.05) is 12.4 Å². The molecule has 0 aliphatic heterocycles. The SMILES string of the molecule is CCCCOC(=O)c1c[nH]cc1C. The van der Waals surface area contributed by atoms with Crippen LogP contribution in [0.2, 0.25) is 0 Å². The number of aromatic amines is 1. The number of ether oxygens (including phenoxy) is 1. The van der Waals surface area contributed by atoms with Crippen LogP contribution in [0.4, 0.5) is 0 Å². The number of aromatic nitrogens is 1. The molecule has 1 N–H and O–H groups in total. The number of carbonyl (C=O) groups excluding carboxylic acids is 1. The number of hydrogen-bond donors (Lipinski definition) is 1. The first kappa shape index (κ1) is 9.84. The fourth-order valence-electron chi connectivity index (χ4n) is 1.05. The molecule has 0 saturated heterocycles.